The number of rotatable bonds is 7. The topological polar surface area (TPSA) is 81.4 Å². The maximum absolute atomic E-state index is 12.6. The molecule has 0 fully saturated rings. The molecule has 1 amide bonds. The van der Waals surface area contributed by atoms with Crippen molar-refractivity contribution in [3.63, 3.8) is 0 Å². The lowest BCUT2D eigenvalue weighted by Gasteiger charge is -2.15. The van der Waals surface area contributed by atoms with Crippen LogP contribution in [-0.4, -0.2) is 44.9 Å². The van der Waals surface area contributed by atoms with Crippen LogP contribution < -0.4 is 5.43 Å². The molecule has 2 aromatic heterocycles. The summed E-state index contributed by atoms with van der Waals surface area (Å²) in [5.74, 6) is 0.354. The smallest absolute Gasteiger partial charge is 0.289 e. The molecule has 0 aliphatic heterocycles. The fourth-order valence-corrected chi connectivity index (χ4v) is 2.93. The van der Waals surface area contributed by atoms with Gasteiger partial charge in [0.05, 0.1) is 17.1 Å². The number of pyridine rings is 1. The largest absolute Gasteiger partial charge is 0.399 e. The van der Waals surface area contributed by atoms with Gasteiger partial charge in [0.25, 0.3) is 5.91 Å². The van der Waals surface area contributed by atoms with Gasteiger partial charge in [-0.25, -0.2) is 9.66 Å². The van der Waals surface area contributed by atoms with E-state index in [4.69, 9.17) is 4.84 Å². The van der Waals surface area contributed by atoms with Crippen LogP contribution >= 0.6 is 11.8 Å². The number of aromatic nitrogens is 3. The van der Waals surface area contributed by atoms with Crippen LogP contribution in [0.2, 0.25) is 0 Å². The molecule has 1 N–H and O–H groups in total. The summed E-state index contributed by atoms with van der Waals surface area (Å²) in [7, 11) is 1.43. The highest BCUT2D eigenvalue weighted by atomic mass is 32.2. The highest BCUT2D eigenvalue weighted by molar-refractivity contribution is 8.00. The van der Waals surface area contributed by atoms with Gasteiger partial charge in [0.1, 0.15) is 12.9 Å². The van der Waals surface area contributed by atoms with Gasteiger partial charge in [-0.3, -0.25) is 15.2 Å². The molecule has 8 heteroatoms. The molecule has 2 heterocycles. The number of imidazole rings is 1. The van der Waals surface area contributed by atoms with Crippen LogP contribution in [0.15, 0.2) is 35.9 Å². The summed E-state index contributed by atoms with van der Waals surface area (Å²) in [6, 6.07) is 3.76. The van der Waals surface area contributed by atoms with Crippen LogP contribution in [-0.2, 0) is 9.63 Å². The molecule has 0 saturated heterocycles. The van der Waals surface area contributed by atoms with E-state index in [9.17, 15) is 4.79 Å². The summed E-state index contributed by atoms with van der Waals surface area (Å²) >= 11 is 1.56. The molecule has 7 nitrogen and oxygen atoms in total. The number of hydrogen-bond acceptors (Lipinski definition) is 6. The van der Waals surface area contributed by atoms with Gasteiger partial charge in [0.2, 0.25) is 0 Å². The summed E-state index contributed by atoms with van der Waals surface area (Å²) in [6.45, 7) is 3.82. The predicted molar refractivity (Wildman–Crippen MR) is 96.6 cm³/mol. The van der Waals surface area contributed by atoms with Crippen LogP contribution in [0.25, 0.3) is 11.3 Å². The normalized spacial score (nSPS) is 12.8. The van der Waals surface area contributed by atoms with E-state index in [-0.39, 0.29) is 11.2 Å². The van der Waals surface area contributed by atoms with E-state index in [0.717, 1.165) is 17.7 Å². The van der Waals surface area contributed by atoms with E-state index in [0.29, 0.717) is 11.5 Å². The summed E-state index contributed by atoms with van der Waals surface area (Å²) in [4.78, 5) is 25.9. The van der Waals surface area contributed by atoms with E-state index < -0.39 is 0 Å². The van der Waals surface area contributed by atoms with Gasteiger partial charge in [-0.2, -0.15) is 11.8 Å². The zero-order valence-corrected chi connectivity index (χ0v) is 15.0. The van der Waals surface area contributed by atoms with E-state index in [2.05, 4.69) is 20.5 Å². The fraction of sp³-hybridized carbons (Fsp3) is 0.375. The molecular weight excluding hydrogens is 326 g/mol. The lowest BCUT2D eigenvalue weighted by atomic mass is 10.2. The van der Waals surface area contributed by atoms with Gasteiger partial charge in [-0.05, 0) is 31.7 Å². The second-order valence-electron chi connectivity index (χ2n) is 5.02. The van der Waals surface area contributed by atoms with Crippen molar-refractivity contribution in [2.45, 2.75) is 25.5 Å². The van der Waals surface area contributed by atoms with Gasteiger partial charge in [0.15, 0.2) is 5.71 Å². The number of amides is 1. The molecule has 1 atom stereocenters. The first-order valence-electron chi connectivity index (χ1n) is 7.52. The molecule has 128 valence electrons. The van der Waals surface area contributed by atoms with Gasteiger partial charge in [-0.1, -0.05) is 12.1 Å². The molecule has 24 heavy (non-hydrogen) atoms. The zero-order chi connectivity index (χ0) is 17.5. The van der Waals surface area contributed by atoms with Crippen molar-refractivity contribution >= 4 is 23.4 Å². The first-order valence-corrected chi connectivity index (χ1v) is 8.81. The van der Waals surface area contributed by atoms with Crippen molar-refractivity contribution in [1.82, 2.24) is 14.6 Å². The van der Waals surface area contributed by atoms with Gasteiger partial charge < -0.3 is 4.84 Å². The number of nitrogens with zero attached hydrogens (tertiary/aromatic N) is 4. The van der Waals surface area contributed by atoms with Crippen molar-refractivity contribution in [2.24, 2.45) is 5.16 Å². The first-order chi connectivity index (χ1) is 11.6. The average Bonchev–Trinajstić information content (AvgIpc) is 2.96. The Morgan fingerprint density at radius 2 is 2.33 bits per heavy atom. The third kappa shape index (κ3) is 4.14. The fourth-order valence-electron chi connectivity index (χ4n) is 2.22. The average molecular weight is 347 g/mol. The number of carbonyl (C=O) groups is 1. The third-order valence-electron chi connectivity index (χ3n) is 3.44. The van der Waals surface area contributed by atoms with Crippen molar-refractivity contribution in [1.29, 1.82) is 0 Å². The summed E-state index contributed by atoms with van der Waals surface area (Å²) < 4.78 is 1.59. The van der Waals surface area contributed by atoms with Crippen LogP contribution in [0.4, 0.5) is 0 Å². The van der Waals surface area contributed by atoms with Crippen molar-refractivity contribution in [3.8, 4) is 11.3 Å². The second kappa shape index (κ2) is 8.49. The number of oxime groups is 1. The molecule has 1 unspecified atom stereocenters. The molecule has 2 rings (SSSR count). The Bertz CT molecular complexity index is 711. The molecule has 0 radical (unpaired) electrons. The van der Waals surface area contributed by atoms with Crippen molar-refractivity contribution in [2.75, 3.05) is 18.8 Å². The van der Waals surface area contributed by atoms with Gasteiger partial charge >= 0.3 is 0 Å². The molecule has 0 aliphatic rings. The highest BCUT2D eigenvalue weighted by Gasteiger charge is 2.23. The molecule has 0 aromatic carbocycles. The monoisotopic (exact) mass is 347 g/mol. The van der Waals surface area contributed by atoms with Crippen LogP contribution in [0.3, 0.4) is 0 Å². The van der Waals surface area contributed by atoms with Crippen LogP contribution in [0.1, 0.15) is 19.2 Å². The number of aryl methyl sites for hydroxylation is 1. The minimum atomic E-state index is -0.309. The number of nitrogens with one attached hydrogen (secondary N) is 1. The number of carbonyl (C=O) groups excluding carboxylic acids is 1. The lowest BCUT2D eigenvalue weighted by molar-refractivity contribution is -0.111. The third-order valence-corrected chi connectivity index (χ3v) is 4.57. The van der Waals surface area contributed by atoms with E-state index in [1.165, 1.54) is 7.11 Å². The van der Waals surface area contributed by atoms with E-state index in [1.807, 2.05) is 32.2 Å². The quantitative estimate of drug-likeness (QED) is 0.615. The van der Waals surface area contributed by atoms with Crippen LogP contribution in [0.5, 0.6) is 0 Å². The maximum atomic E-state index is 12.6. The standard InChI is InChI=1S/C16H21N5O2S/c1-5-14(24-4)15(20-23-3)16(22)19-21-10-13(18-11(21)2)12-7-6-8-17-9-12/h6-10,14H,5H2,1-4H3,(H,19,22). The first kappa shape index (κ1) is 18.0. The molecule has 0 saturated carbocycles. The zero-order valence-electron chi connectivity index (χ0n) is 14.2. The Morgan fingerprint density at radius 3 is 2.92 bits per heavy atom. The Balaban J connectivity index is 2.22. The SMILES string of the molecule is CCC(SC)C(=NOC)C(=O)Nn1cc(-c2cccnc2)nc1C. The molecular formula is C16H21N5O2S. The Morgan fingerprint density at radius 1 is 1.54 bits per heavy atom. The molecule has 2 aromatic rings. The molecule has 0 aliphatic carbocycles. The van der Waals surface area contributed by atoms with Crippen molar-refractivity contribution in [3.05, 3.63) is 36.5 Å². The predicted octanol–water partition coefficient (Wildman–Crippen LogP) is 2.47. The number of thioether (sulfide) groups is 1. The minimum absolute atomic E-state index is 0.0356. The summed E-state index contributed by atoms with van der Waals surface area (Å²) in [5.41, 5.74) is 4.78. The number of hydrogen-bond donors (Lipinski definition) is 1. The summed E-state index contributed by atoms with van der Waals surface area (Å²) in [5, 5.41) is 3.86. The minimum Gasteiger partial charge on any atom is -0.399 e. The molecule has 0 bridgehead atoms. The Hall–Kier alpha value is -2.35. The lowest BCUT2D eigenvalue weighted by Crippen LogP contribution is -2.36. The van der Waals surface area contributed by atoms with Crippen molar-refractivity contribution < 1.29 is 9.63 Å². The van der Waals surface area contributed by atoms with E-state index >= 15 is 0 Å². The van der Waals surface area contributed by atoms with Gasteiger partial charge in [-0.15, -0.1) is 0 Å². The Labute approximate surface area is 145 Å². The maximum Gasteiger partial charge on any atom is 0.289 e. The second-order valence-corrected chi connectivity index (χ2v) is 6.06. The van der Waals surface area contributed by atoms with E-state index in [1.54, 1.807) is 35.0 Å². The summed E-state index contributed by atoms with van der Waals surface area (Å²) in [6.07, 6.45) is 7.91. The molecule has 0 spiro atoms. The van der Waals surface area contributed by atoms with Gasteiger partial charge in [0, 0.05) is 18.0 Å². The highest BCUT2D eigenvalue weighted by Crippen LogP contribution is 2.17. The Kier molecular flexibility index (Phi) is 6.36. The van der Waals surface area contributed by atoms with Crippen LogP contribution in [0, 0.1) is 6.92 Å².